The number of fused-ring (bicyclic) bond motifs is 1. The molecule has 2 heterocycles. The molecule has 0 saturated heterocycles. The summed E-state index contributed by atoms with van der Waals surface area (Å²) in [7, 11) is 0. The maximum Gasteiger partial charge on any atom is 0.434 e. The summed E-state index contributed by atoms with van der Waals surface area (Å²) >= 11 is 1.48. The van der Waals surface area contributed by atoms with E-state index in [4.69, 9.17) is 9.15 Å². The van der Waals surface area contributed by atoms with Crippen LogP contribution >= 0.6 is 11.3 Å². The van der Waals surface area contributed by atoms with Crippen molar-refractivity contribution in [3.05, 3.63) is 94.0 Å². The van der Waals surface area contributed by atoms with Gasteiger partial charge in [-0.3, -0.25) is 0 Å². The molecule has 0 spiro atoms. The number of phenolic OH excluding ortho intramolecular Hbond substituents is 1. The Morgan fingerprint density at radius 2 is 1.91 bits per heavy atom. The Morgan fingerprint density at radius 1 is 1.09 bits per heavy atom. The normalized spacial score (nSPS) is 11.5. The van der Waals surface area contributed by atoms with Crippen molar-refractivity contribution < 1.29 is 18.7 Å². The number of ether oxygens (including phenoxy) is 1. The molecule has 2 N–H and O–H groups in total. The zero-order valence-corrected chi connectivity index (χ0v) is 18.2. The molecule has 0 bridgehead atoms. The van der Waals surface area contributed by atoms with E-state index in [1.54, 1.807) is 30.4 Å². The third kappa shape index (κ3) is 4.28. The Balaban J connectivity index is 1.50. The molecule has 0 radical (unpaired) electrons. The second kappa shape index (κ2) is 8.40. The molecule has 33 heavy (non-hydrogen) atoms. The molecule has 8 heteroatoms. The summed E-state index contributed by atoms with van der Waals surface area (Å²) < 4.78 is 25.7. The second-order valence-electron chi connectivity index (χ2n) is 7.36. The summed E-state index contributed by atoms with van der Waals surface area (Å²) in [5.41, 5.74) is 2.52. The monoisotopic (exact) mass is 460 g/mol. The number of nitrogens with one attached hydrogen (secondary N) is 1. The van der Waals surface area contributed by atoms with Gasteiger partial charge in [0.25, 0.3) is 0 Å². The minimum Gasteiger partial charge on any atom is -0.508 e. The second-order valence-corrected chi connectivity index (χ2v) is 8.41. The van der Waals surface area contributed by atoms with Crippen LogP contribution in [0.1, 0.15) is 17.0 Å². The van der Waals surface area contributed by atoms with Crippen LogP contribution in [-0.4, -0.2) is 15.3 Å². The number of aryl methyl sites for hydroxylation is 1. The van der Waals surface area contributed by atoms with Crippen molar-refractivity contribution in [1.82, 2.24) is 10.2 Å². The molecular formula is C25H17FN2O4S. The molecule has 5 aromatic rings. The van der Waals surface area contributed by atoms with Crippen molar-refractivity contribution in [1.29, 1.82) is 0 Å². The molecule has 0 aliphatic rings. The SMILES string of the molecule is Cc1cc(F)ccc1-c1sc2cc(O)ccc2c1Oc1ccc(C=Cc2n[nH]c(=O)o2)cc1. The summed E-state index contributed by atoms with van der Waals surface area (Å²) in [6, 6.07) is 17.1. The quantitative estimate of drug-likeness (QED) is 0.319. The predicted octanol–water partition coefficient (Wildman–Crippen LogP) is 6.36. The summed E-state index contributed by atoms with van der Waals surface area (Å²) in [4.78, 5) is 11.9. The van der Waals surface area contributed by atoms with Gasteiger partial charge < -0.3 is 14.3 Å². The molecule has 2 aromatic heterocycles. The number of phenols is 1. The van der Waals surface area contributed by atoms with E-state index < -0.39 is 5.76 Å². The first kappa shape index (κ1) is 20.7. The van der Waals surface area contributed by atoms with E-state index in [2.05, 4.69) is 10.2 Å². The first-order valence-electron chi connectivity index (χ1n) is 10.00. The molecule has 164 valence electrons. The van der Waals surface area contributed by atoms with E-state index in [9.17, 15) is 14.3 Å². The van der Waals surface area contributed by atoms with Crippen molar-refractivity contribution >= 4 is 33.6 Å². The summed E-state index contributed by atoms with van der Waals surface area (Å²) in [6.45, 7) is 1.85. The Hall–Kier alpha value is -4.17. The van der Waals surface area contributed by atoms with Crippen molar-refractivity contribution in [2.45, 2.75) is 6.92 Å². The van der Waals surface area contributed by atoms with Crippen LogP contribution in [0.15, 0.2) is 69.9 Å². The summed E-state index contributed by atoms with van der Waals surface area (Å²) in [6.07, 6.45) is 3.35. The van der Waals surface area contributed by atoms with Gasteiger partial charge in [0, 0.05) is 16.2 Å². The molecule has 0 amide bonds. The maximum atomic E-state index is 13.7. The first-order chi connectivity index (χ1) is 16.0. The number of aromatic nitrogens is 2. The highest BCUT2D eigenvalue weighted by molar-refractivity contribution is 7.22. The lowest BCUT2D eigenvalue weighted by Gasteiger charge is -2.10. The van der Waals surface area contributed by atoms with E-state index >= 15 is 0 Å². The topological polar surface area (TPSA) is 88.4 Å². The van der Waals surface area contributed by atoms with Crippen molar-refractivity contribution in [3.63, 3.8) is 0 Å². The van der Waals surface area contributed by atoms with E-state index in [0.717, 1.165) is 31.7 Å². The van der Waals surface area contributed by atoms with Crippen LogP contribution in [0.3, 0.4) is 0 Å². The standard InChI is InChI=1S/C25H17FN2O4S/c1-14-12-16(26)5-9-19(14)24-23(20-10-6-17(29)13-21(20)33-24)31-18-7-2-15(3-8-18)4-11-22-27-28-25(30)32-22/h2-13,29H,1H3,(H,28,30). The van der Waals surface area contributed by atoms with Gasteiger partial charge in [0.05, 0.1) is 4.88 Å². The molecule has 0 aliphatic carbocycles. The van der Waals surface area contributed by atoms with Crippen LogP contribution in [0.5, 0.6) is 17.2 Å². The number of rotatable bonds is 5. The van der Waals surface area contributed by atoms with Gasteiger partial charge in [-0.05, 0) is 72.2 Å². The number of H-pyrrole nitrogens is 1. The highest BCUT2D eigenvalue weighted by atomic mass is 32.1. The number of nitrogens with zero attached hydrogens (tertiary/aromatic N) is 1. The van der Waals surface area contributed by atoms with E-state index in [0.29, 0.717) is 11.5 Å². The van der Waals surface area contributed by atoms with E-state index in [1.165, 1.54) is 23.5 Å². The molecular weight excluding hydrogens is 443 g/mol. The zero-order valence-electron chi connectivity index (χ0n) is 17.3. The lowest BCUT2D eigenvalue weighted by atomic mass is 10.1. The van der Waals surface area contributed by atoms with Gasteiger partial charge in [0.15, 0.2) is 5.75 Å². The number of thiophene rings is 1. The van der Waals surface area contributed by atoms with Gasteiger partial charge in [-0.2, -0.15) is 0 Å². The van der Waals surface area contributed by atoms with Gasteiger partial charge in [-0.25, -0.2) is 14.3 Å². The van der Waals surface area contributed by atoms with Gasteiger partial charge in [-0.15, -0.1) is 16.4 Å². The number of aromatic amines is 1. The van der Waals surface area contributed by atoms with Crippen LogP contribution in [0, 0.1) is 12.7 Å². The number of benzene rings is 3. The van der Waals surface area contributed by atoms with Crippen molar-refractivity contribution in [2.75, 3.05) is 0 Å². The highest BCUT2D eigenvalue weighted by Gasteiger charge is 2.18. The zero-order chi connectivity index (χ0) is 22.9. The fourth-order valence-electron chi connectivity index (χ4n) is 3.47. The van der Waals surface area contributed by atoms with E-state index in [-0.39, 0.29) is 17.5 Å². The molecule has 6 nitrogen and oxygen atoms in total. The Kier molecular flexibility index (Phi) is 5.27. The van der Waals surface area contributed by atoms with Crippen LogP contribution in [-0.2, 0) is 0 Å². The predicted molar refractivity (Wildman–Crippen MR) is 126 cm³/mol. The molecule has 0 saturated carbocycles. The number of aromatic hydroxyl groups is 1. The van der Waals surface area contributed by atoms with E-state index in [1.807, 2.05) is 37.3 Å². The largest absolute Gasteiger partial charge is 0.508 e. The molecule has 0 unspecified atom stereocenters. The molecule has 0 atom stereocenters. The lowest BCUT2D eigenvalue weighted by molar-refractivity contribution is 0.476. The average molecular weight is 460 g/mol. The minimum absolute atomic E-state index is 0.168. The Bertz CT molecular complexity index is 1550. The lowest BCUT2D eigenvalue weighted by Crippen LogP contribution is -1.93. The fraction of sp³-hybridized carbons (Fsp3) is 0.0400. The van der Waals surface area contributed by atoms with Gasteiger partial charge in [-0.1, -0.05) is 18.2 Å². The Morgan fingerprint density at radius 3 is 2.64 bits per heavy atom. The highest BCUT2D eigenvalue weighted by Crippen LogP contribution is 2.47. The van der Waals surface area contributed by atoms with Crippen LogP contribution in [0.25, 0.3) is 32.7 Å². The number of halogens is 1. The summed E-state index contributed by atoms with van der Waals surface area (Å²) in [5.74, 6) is 0.713. The number of hydrogen-bond acceptors (Lipinski definition) is 6. The smallest absolute Gasteiger partial charge is 0.434 e. The van der Waals surface area contributed by atoms with Gasteiger partial charge >= 0.3 is 5.76 Å². The molecule has 3 aromatic carbocycles. The summed E-state index contributed by atoms with van der Waals surface area (Å²) in [5, 5.41) is 16.7. The van der Waals surface area contributed by atoms with Gasteiger partial charge in [0.2, 0.25) is 5.89 Å². The van der Waals surface area contributed by atoms with Crippen molar-refractivity contribution in [3.8, 4) is 27.7 Å². The van der Waals surface area contributed by atoms with Crippen LogP contribution in [0.2, 0.25) is 0 Å². The van der Waals surface area contributed by atoms with Crippen LogP contribution in [0.4, 0.5) is 4.39 Å². The number of hydrogen-bond donors (Lipinski definition) is 2. The Labute approximate surface area is 191 Å². The first-order valence-corrected chi connectivity index (χ1v) is 10.8. The van der Waals surface area contributed by atoms with Gasteiger partial charge in [0.1, 0.15) is 17.3 Å². The molecule has 0 aliphatic heterocycles. The molecule has 0 fully saturated rings. The molecule has 5 rings (SSSR count). The third-order valence-corrected chi connectivity index (χ3v) is 6.20. The third-order valence-electron chi connectivity index (χ3n) is 5.03. The average Bonchev–Trinajstić information content (AvgIpc) is 3.36. The minimum atomic E-state index is -0.609. The van der Waals surface area contributed by atoms with Crippen molar-refractivity contribution in [2.24, 2.45) is 0 Å². The maximum absolute atomic E-state index is 13.7. The fourth-order valence-corrected chi connectivity index (χ4v) is 4.72. The van der Waals surface area contributed by atoms with Crippen LogP contribution < -0.4 is 10.5 Å².